The first-order chi connectivity index (χ1) is 11.4. The second-order valence-corrected chi connectivity index (χ2v) is 6.91. The molecule has 2 aromatic rings. The van der Waals surface area contributed by atoms with Gasteiger partial charge in [0.2, 0.25) is 11.8 Å². The molecule has 1 aliphatic rings. The molecule has 0 atom stereocenters. The standard InChI is InChI=1S/C17H13Cl3N2O2/c18-10-7-11(19)9-12(8-10)21-15(23)17(5-6-17)16(24)22-14-4-2-1-3-13(14)20/h1-4,7-9H,5-6H2,(H,21,23)(H,22,24). The zero-order valence-corrected chi connectivity index (χ0v) is 14.7. The topological polar surface area (TPSA) is 58.2 Å². The number of rotatable bonds is 4. The molecule has 1 saturated carbocycles. The highest BCUT2D eigenvalue weighted by Crippen LogP contribution is 2.48. The van der Waals surface area contributed by atoms with Crippen molar-refractivity contribution in [3.8, 4) is 0 Å². The van der Waals surface area contributed by atoms with Gasteiger partial charge in [0.25, 0.3) is 0 Å². The maximum absolute atomic E-state index is 12.5. The van der Waals surface area contributed by atoms with Crippen molar-refractivity contribution in [1.29, 1.82) is 0 Å². The van der Waals surface area contributed by atoms with Crippen molar-refractivity contribution in [2.75, 3.05) is 10.6 Å². The van der Waals surface area contributed by atoms with Gasteiger partial charge >= 0.3 is 0 Å². The molecule has 2 amide bonds. The van der Waals surface area contributed by atoms with Gasteiger partial charge in [0.05, 0.1) is 10.7 Å². The molecule has 1 aliphatic carbocycles. The van der Waals surface area contributed by atoms with E-state index in [1.165, 1.54) is 0 Å². The van der Waals surface area contributed by atoms with Gasteiger partial charge in [-0.05, 0) is 43.2 Å². The predicted octanol–water partition coefficient (Wildman–Crippen LogP) is 5.00. The van der Waals surface area contributed by atoms with E-state index in [0.29, 0.717) is 39.3 Å². The molecule has 4 nitrogen and oxygen atoms in total. The zero-order valence-electron chi connectivity index (χ0n) is 12.4. The highest BCUT2D eigenvalue weighted by molar-refractivity contribution is 6.35. The van der Waals surface area contributed by atoms with Gasteiger partial charge in [0.15, 0.2) is 0 Å². The lowest BCUT2D eigenvalue weighted by Crippen LogP contribution is -2.35. The summed E-state index contributed by atoms with van der Waals surface area (Å²) < 4.78 is 0. The number of carbonyl (C=O) groups is 2. The van der Waals surface area contributed by atoms with E-state index < -0.39 is 5.41 Å². The van der Waals surface area contributed by atoms with Crippen molar-refractivity contribution in [1.82, 2.24) is 0 Å². The highest BCUT2D eigenvalue weighted by Gasteiger charge is 2.56. The molecule has 3 rings (SSSR count). The molecule has 124 valence electrons. The first-order valence-corrected chi connectivity index (χ1v) is 8.38. The first kappa shape index (κ1) is 17.1. The Bertz CT molecular complexity index is 799. The summed E-state index contributed by atoms with van der Waals surface area (Å²) in [6.45, 7) is 0. The quantitative estimate of drug-likeness (QED) is 0.730. The summed E-state index contributed by atoms with van der Waals surface area (Å²) in [7, 11) is 0. The van der Waals surface area contributed by atoms with Crippen LogP contribution < -0.4 is 10.6 Å². The summed E-state index contributed by atoms with van der Waals surface area (Å²) in [6.07, 6.45) is 0.951. The molecule has 0 bridgehead atoms. The van der Waals surface area contributed by atoms with Crippen LogP contribution in [0.5, 0.6) is 0 Å². The van der Waals surface area contributed by atoms with E-state index in [1.54, 1.807) is 42.5 Å². The third kappa shape index (κ3) is 3.51. The van der Waals surface area contributed by atoms with E-state index in [9.17, 15) is 9.59 Å². The Balaban J connectivity index is 1.74. The van der Waals surface area contributed by atoms with Crippen molar-refractivity contribution >= 4 is 58.0 Å². The number of hydrogen-bond donors (Lipinski definition) is 2. The second-order valence-electron chi connectivity index (χ2n) is 5.63. The lowest BCUT2D eigenvalue weighted by molar-refractivity contribution is -0.131. The number of nitrogens with one attached hydrogen (secondary N) is 2. The van der Waals surface area contributed by atoms with Crippen molar-refractivity contribution in [2.45, 2.75) is 12.8 Å². The Morgan fingerprint density at radius 2 is 1.46 bits per heavy atom. The van der Waals surface area contributed by atoms with E-state index in [1.807, 2.05) is 0 Å². The largest absolute Gasteiger partial charge is 0.325 e. The molecule has 0 unspecified atom stereocenters. The van der Waals surface area contributed by atoms with Crippen molar-refractivity contribution in [3.05, 3.63) is 57.5 Å². The molecule has 0 radical (unpaired) electrons. The minimum absolute atomic E-state index is 0.374. The number of hydrogen-bond acceptors (Lipinski definition) is 2. The van der Waals surface area contributed by atoms with Gasteiger partial charge in [-0.1, -0.05) is 46.9 Å². The van der Waals surface area contributed by atoms with Gasteiger partial charge in [0.1, 0.15) is 5.41 Å². The molecule has 0 aliphatic heterocycles. The van der Waals surface area contributed by atoms with Crippen LogP contribution in [0, 0.1) is 5.41 Å². The lowest BCUT2D eigenvalue weighted by atomic mass is 10.0. The van der Waals surface area contributed by atoms with Crippen LogP contribution in [0.25, 0.3) is 0 Å². The van der Waals surface area contributed by atoms with Crippen LogP contribution in [0.2, 0.25) is 15.1 Å². The molecule has 7 heteroatoms. The molecule has 1 fully saturated rings. The normalized spacial score (nSPS) is 14.8. The Labute approximate surface area is 154 Å². The zero-order chi connectivity index (χ0) is 17.3. The number of halogens is 3. The van der Waals surface area contributed by atoms with E-state index in [4.69, 9.17) is 34.8 Å². The van der Waals surface area contributed by atoms with Crippen LogP contribution in [-0.4, -0.2) is 11.8 Å². The molecular formula is C17H13Cl3N2O2. The smallest absolute Gasteiger partial charge is 0.240 e. The Kier molecular flexibility index (Phi) is 4.72. The van der Waals surface area contributed by atoms with Gasteiger partial charge in [-0.2, -0.15) is 0 Å². The molecule has 0 spiro atoms. The fourth-order valence-corrected chi connectivity index (χ4v) is 3.07. The fourth-order valence-electron chi connectivity index (χ4n) is 2.36. The van der Waals surface area contributed by atoms with Gasteiger partial charge in [-0.3, -0.25) is 9.59 Å². The summed E-state index contributed by atoms with van der Waals surface area (Å²) >= 11 is 17.9. The van der Waals surface area contributed by atoms with Crippen LogP contribution in [0.15, 0.2) is 42.5 Å². The predicted molar refractivity (Wildman–Crippen MR) is 96.8 cm³/mol. The molecule has 24 heavy (non-hydrogen) atoms. The number of benzene rings is 2. The van der Waals surface area contributed by atoms with Crippen LogP contribution in [0.3, 0.4) is 0 Å². The minimum Gasteiger partial charge on any atom is -0.325 e. The molecular weight excluding hydrogens is 371 g/mol. The summed E-state index contributed by atoms with van der Waals surface area (Å²) in [5.41, 5.74) is -0.156. The van der Waals surface area contributed by atoms with Crippen LogP contribution in [0.4, 0.5) is 11.4 Å². The summed E-state index contributed by atoms with van der Waals surface area (Å²) in [5.74, 6) is -0.758. The van der Waals surface area contributed by atoms with Gasteiger partial charge in [-0.15, -0.1) is 0 Å². The average molecular weight is 384 g/mol. The molecule has 2 aromatic carbocycles. The van der Waals surface area contributed by atoms with E-state index >= 15 is 0 Å². The first-order valence-electron chi connectivity index (χ1n) is 7.24. The lowest BCUT2D eigenvalue weighted by Gasteiger charge is -2.16. The Hall–Kier alpha value is -1.75. The summed E-state index contributed by atoms with van der Waals surface area (Å²) in [6, 6.07) is 11.6. The van der Waals surface area contributed by atoms with Gasteiger partial charge < -0.3 is 10.6 Å². The molecule has 2 N–H and O–H groups in total. The Morgan fingerprint density at radius 3 is 2.04 bits per heavy atom. The average Bonchev–Trinajstić information content (AvgIpc) is 3.30. The van der Waals surface area contributed by atoms with E-state index in [2.05, 4.69) is 10.6 Å². The van der Waals surface area contributed by atoms with Crippen molar-refractivity contribution in [2.24, 2.45) is 5.41 Å². The van der Waals surface area contributed by atoms with Gasteiger partial charge in [-0.25, -0.2) is 0 Å². The number of anilines is 2. The summed E-state index contributed by atoms with van der Waals surface area (Å²) in [5, 5.41) is 6.66. The maximum atomic E-state index is 12.5. The third-order valence-electron chi connectivity index (χ3n) is 3.86. The third-order valence-corrected chi connectivity index (χ3v) is 4.63. The SMILES string of the molecule is O=C(Nc1cc(Cl)cc(Cl)c1)C1(C(=O)Nc2ccccc2Cl)CC1. The fraction of sp³-hybridized carbons (Fsp3) is 0.176. The van der Waals surface area contributed by atoms with Crippen molar-refractivity contribution in [3.63, 3.8) is 0 Å². The molecule has 0 aromatic heterocycles. The molecule has 0 heterocycles. The second kappa shape index (κ2) is 6.63. The number of para-hydroxylation sites is 1. The molecule has 0 saturated heterocycles. The Morgan fingerprint density at radius 1 is 0.875 bits per heavy atom. The number of amides is 2. The van der Waals surface area contributed by atoms with Crippen molar-refractivity contribution < 1.29 is 9.59 Å². The van der Waals surface area contributed by atoms with Gasteiger partial charge in [0, 0.05) is 15.7 Å². The summed E-state index contributed by atoms with van der Waals surface area (Å²) in [4.78, 5) is 25.1. The maximum Gasteiger partial charge on any atom is 0.240 e. The van der Waals surface area contributed by atoms with E-state index in [-0.39, 0.29) is 11.8 Å². The van der Waals surface area contributed by atoms with E-state index in [0.717, 1.165) is 0 Å². The number of carbonyl (C=O) groups excluding carboxylic acids is 2. The minimum atomic E-state index is -1.09. The van der Waals surface area contributed by atoms with Crippen LogP contribution >= 0.6 is 34.8 Å². The van der Waals surface area contributed by atoms with Crippen LogP contribution in [-0.2, 0) is 9.59 Å². The monoisotopic (exact) mass is 382 g/mol. The highest BCUT2D eigenvalue weighted by atomic mass is 35.5. The van der Waals surface area contributed by atoms with Crippen LogP contribution in [0.1, 0.15) is 12.8 Å².